The summed E-state index contributed by atoms with van der Waals surface area (Å²) in [4.78, 5) is 2.62. The highest BCUT2D eigenvalue weighted by Gasteiger charge is 2.39. The predicted molar refractivity (Wildman–Crippen MR) is 118 cm³/mol. The van der Waals surface area contributed by atoms with Crippen LogP contribution in [0.15, 0.2) is 78.9 Å². The molecule has 0 unspecified atom stereocenters. The minimum atomic E-state index is -0.0974. The molecule has 0 bridgehead atoms. The Morgan fingerprint density at radius 1 is 0.793 bits per heavy atom. The van der Waals surface area contributed by atoms with Gasteiger partial charge in [0.25, 0.3) is 0 Å². The molecule has 1 saturated carbocycles. The smallest absolute Gasteiger partial charge is 0.131 e. The number of likely N-dealkylation sites (tertiary alicyclic amines) is 1. The summed E-state index contributed by atoms with van der Waals surface area (Å²) in [5.74, 6) is 1.96. The van der Waals surface area contributed by atoms with E-state index < -0.39 is 0 Å². The minimum absolute atomic E-state index is 0.0974. The van der Waals surface area contributed by atoms with Crippen molar-refractivity contribution in [1.82, 2.24) is 4.90 Å². The van der Waals surface area contributed by atoms with Gasteiger partial charge in [-0.15, -0.1) is 0 Å². The van der Waals surface area contributed by atoms with Crippen molar-refractivity contribution in [3.63, 3.8) is 0 Å². The molecule has 0 aromatic heterocycles. The molecule has 2 heteroatoms. The second-order valence-electron chi connectivity index (χ2n) is 8.69. The Labute approximate surface area is 173 Å². The van der Waals surface area contributed by atoms with E-state index in [4.69, 9.17) is 0 Å². The first-order valence-electron chi connectivity index (χ1n) is 10.9. The first-order valence-corrected chi connectivity index (χ1v) is 10.9. The average Bonchev–Trinajstić information content (AvgIpc) is 3.54. The van der Waals surface area contributed by atoms with Gasteiger partial charge in [-0.1, -0.05) is 72.8 Å². The van der Waals surface area contributed by atoms with Crippen LogP contribution < -0.4 is 0 Å². The van der Waals surface area contributed by atoms with E-state index in [9.17, 15) is 4.39 Å². The monoisotopic (exact) mass is 385 g/mol. The lowest BCUT2D eigenvalue weighted by Gasteiger charge is -2.32. The Hall–Kier alpha value is -2.45. The van der Waals surface area contributed by atoms with E-state index in [1.165, 1.54) is 18.5 Å². The Bertz CT molecular complexity index is 945. The molecule has 3 aromatic carbocycles. The number of hydrogen-bond donors (Lipinski definition) is 0. The quantitative estimate of drug-likeness (QED) is 0.486. The van der Waals surface area contributed by atoms with Crippen molar-refractivity contribution in [2.24, 2.45) is 5.92 Å². The van der Waals surface area contributed by atoms with Crippen molar-refractivity contribution in [2.45, 2.75) is 31.1 Å². The Kier molecular flexibility index (Phi) is 5.20. The van der Waals surface area contributed by atoms with Crippen LogP contribution in [0.1, 0.15) is 42.2 Å². The average molecular weight is 386 g/mol. The molecule has 0 amide bonds. The number of benzene rings is 3. The standard InChI is InChI=1S/C27H28FN/c28-27-18-23(11-12-25(27)21-7-3-1-4-8-21)20-13-15-29(16-14-20)19-24-17-26(24)22-9-5-2-6-10-22/h1-12,18,20,24,26H,13-17,19H2/t24-,26-/m0/s1. The lowest BCUT2D eigenvalue weighted by Crippen LogP contribution is -2.34. The Balaban J connectivity index is 1.17. The maximum Gasteiger partial charge on any atom is 0.131 e. The summed E-state index contributed by atoms with van der Waals surface area (Å²) in [6.45, 7) is 3.48. The van der Waals surface area contributed by atoms with E-state index in [0.717, 1.165) is 48.9 Å². The fourth-order valence-electron chi connectivity index (χ4n) is 4.98. The van der Waals surface area contributed by atoms with Gasteiger partial charge < -0.3 is 4.90 Å². The van der Waals surface area contributed by atoms with Crippen molar-refractivity contribution in [1.29, 1.82) is 0 Å². The highest BCUT2D eigenvalue weighted by Crippen LogP contribution is 2.48. The van der Waals surface area contributed by atoms with Crippen molar-refractivity contribution >= 4 is 0 Å². The van der Waals surface area contributed by atoms with Gasteiger partial charge in [-0.25, -0.2) is 4.39 Å². The molecule has 2 aliphatic rings. The topological polar surface area (TPSA) is 3.24 Å². The van der Waals surface area contributed by atoms with Crippen LogP contribution in [-0.2, 0) is 0 Å². The van der Waals surface area contributed by atoms with Gasteiger partial charge in [0.1, 0.15) is 5.82 Å². The summed E-state index contributed by atoms with van der Waals surface area (Å²) >= 11 is 0. The van der Waals surface area contributed by atoms with E-state index in [-0.39, 0.29) is 5.82 Å². The summed E-state index contributed by atoms with van der Waals surface area (Å²) in [6.07, 6.45) is 3.59. The lowest BCUT2D eigenvalue weighted by atomic mass is 9.88. The fraction of sp³-hybridized carbons (Fsp3) is 0.333. The van der Waals surface area contributed by atoms with Gasteiger partial charge >= 0.3 is 0 Å². The van der Waals surface area contributed by atoms with Crippen molar-refractivity contribution < 1.29 is 4.39 Å². The Morgan fingerprint density at radius 3 is 2.17 bits per heavy atom. The van der Waals surface area contributed by atoms with Crippen LogP contribution in [0.25, 0.3) is 11.1 Å². The van der Waals surface area contributed by atoms with Crippen LogP contribution in [0.4, 0.5) is 4.39 Å². The van der Waals surface area contributed by atoms with Crippen molar-refractivity contribution in [3.05, 3.63) is 95.8 Å². The van der Waals surface area contributed by atoms with Crippen LogP contribution in [0.5, 0.6) is 0 Å². The summed E-state index contributed by atoms with van der Waals surface area (Å²) in [5, 5.41) is 0. The minimum Gasteiger partial charge on any atom is -0.303 e. The van der Waals surface area contributed by atoms with Gasteiger partial charge in [0.05, 0.1) is 0 Å². The molecule has 1 nitrogen and oxygen atoms in total. The van der Waals surface area contributed by atoms with Gasteiger partial charge in [0.15, 0.2) is 0 Å². The van der Waals surface area contributed by atoms with E-state index >= 15 is 0 Å². The zero-order chi connectivity index (χ0) is 19.6. The molecule has 1 aliphatic carbocycles. The molecule has 0 N–H and O–H groups in total. The number of hydrogen-bond acceptors (Lipinski definition) is 1. The van der Waals surface area contributed by atoms with Gasteiger partial charge in [-0.05, 0) is 72.9 Å². The molecule has 2 atom stereocenters. The molecule has 0 radical (unpaired) electrons. The van der Waals surface area contributed by atoms with E-state index in [1.54, 1.807) is 6.07 Å². The number of rotatable bonds is 5. The molecular weight excluding hydrogens is 357 g/mol. The maximum absolute atomic E-state index is 14.7. The highest BCUT2D eigenvalue weighted by atomic mass is 19.1. The summed E-state index contributed by atoms with van der Waals surface area (Å²) < 4.78 is 14.7. The third-order valence-electron chi connectivity index (χ3n) is 6.78. The molecular formula is C27H28FN. The van der Waals surface area contributed by atoms with Gasteiger partial charge in [0.2, 0.25) is 0 Å². The zero-order valence-electron chi connectivity index (χ0n) is 16.8. The molecule has 29 heavy (non-hydrogen) atoms. The van der Waals surface area contributed by atoms with Crippen LogP contribution in [0.2, 0.25) is 0 Å². The molecule has 148 valence electrons. The van der Waals surface area contributed by atoms with E-state index in [0.29, 0.717) is 11.5 Å². The first-order chi connectivity index (χ1) is 14.3. The normalized spacial score (nSPS) is 22.5. The summed E-state index contributed by atoms with van der Waals surface area (Å²) in [5.41, 5.74) is 4.31. The molecule has 2 fully saturated rings. The number of piperidine rings is 1. The molecule has 1 heterocycles. The lowest BCUT2D eigenvalue weighted by molar-refractivity contribution is 0.203. The second kappa shape index (κ2) is 8.12. The molecule has 0 spiro atoms. The van der Waals surface area contributed by atoms with Crippen LogP contribution >= 0.6 is 0 Å². The van der Waals surface area contributed by atoms with Gasteiger partial charge in [-0.3, -0.25) is 0 Å². The third kappa shape index (κ3) is 4.13. The first kappa shape index (κ1) is 18.6. The van der Waals surface area contributed by atoms with Crippen molar-refractivity contribution in [2.75, 3.05) is 19.6 Å². The van der Waals surface area contributed by atoms with Crippen molar-refractivity contribution in [3.8, 4) is 11.1 Å². The van der Waals surface area contributed by atoms with Gasteiger partial charge in [-0.2, -0.15) is 0 Å². The Morgan fingerprint density at radius 2 is 1.48 bits per heavy atom. The highest BCUT2D eigenvalue weighted by molar-refractivity contribution is 5.64. The molecule has 5 rings (SSSR count). The van der Waals surface area contributed by atoms with E-state index in [2.05, 4.69) is 41.3 Å². The maximum atomic E-state index is 14.7. The van der Waals surface area contributed by atoms with E-state index in [1.807, 2.05) is 36.4 Å². The molecule has 1 saturated heterocycles. The van der Waals surface area contributed by atoms with Crippen LogP contribution in [0.3, 0.4) is 0 Å². The summed E-state index contributed by atoms with van der Waals surface area (Å²) in [7, 11) is 0. The van der Waals surface area contributed by atoms with Crippen LogP contribution in [0, 0.1) is 11.7 Å². The third-order valence-corrected chi connectivity index (χ3v) is 6.78. The summed E-state index contributed by atoms with van der Waals surface area (Å²) in [6, 6.07) is 26.6. The SMILES string of the molecule is Fc1cc(C2CCN(C[C@@H]3C[C@H]3c3ccccc3)CC2)ccc1-c1ccccc1. The second-order valence-corrected chi connectivity index (χ2v) is 8.69. The predicted octanol–water partition coefficient (Wildman–Crippen LogP) is 6.48. The fourth-order valence-corrected chi connectivity index (χ4v) is 4.98. The number of halogens is 1. The van der Waals surface area contributed by atoms with Gasteiger partial charge in [0, 0.05) is 12.1 Å². The largest absolute Gasteiger partial charge is 0.303 e. The number of nitrogens with zero attached hydrogens (tertiary/aromatic N) is 1. The zero-order valence-corrected chi connectivity index (χ0v) is 16.8. The molecule has 3 aromatic rings. The van der Waals surface area contributed by atoms with Crippen LogP contribution in [-0.4, -0.2) is 24.5 Å². The molecule has 1 aliphatic heterocycles.